The van der Waals surface area contributed by atoms with Gasteiger partial charge >= 0.3 is 0 Å². The van der Waals surface area contributed by atoms with E-state index in [2.05, 4.69) is 6.58 Å². The molecule has 0 aromatic heterocycles. The first-order chi connectivity index (χ1) is 19.6. The lowest BCUT2D eigenvalue weighted by Gasteiger charge is -2.43. The predicted octanol–water partition coefficient (Wildman–Crippen LogP) is -0.699. The van der Waals surface area contributed by atoms with Gasteiger partial charge in [-0.1, -0.05) is 6.58 Å². The summed E-state index contributed by atoms with van der Waals surface area (Å²) in [5.41, 5.74) is -0.875. The SMILES string of the molecule is C=C(CO[C@@H]1O[C@H](CO)[C@@H](O)[C@H](O)[C@H]1O)[C@H]1Cc2c(ccc3c2O[C@@H]2COc4cc(OC)c(O)cc4[C@]2(O)C3=O)O1. The fourth-order valence-corrected chi connectivity index (χ4v) is 5.65. The first-order valence-corrected chi connectivity index (χ1v) is 13.0. The van der Waals surface area contributed by atoms with E-state index in [1.165, 1.54) is 25.3 Å². The van der Waals surface area contributed by atoms with Crippen LogP contribution in [-0.2, 0) is 21.5 Å². The molecule has 0 unspecified atom stereocenters. The number of carbonyl (C=O) groups is 1. The molecule has 0 spiro atoms. The number of fused-ring (bicyclic) bond motifs is 6. The van der Waals surface area contributed by atoms with E-state index in [0.717, 1.165) is 0 Å². The fraction of sp³-hybridized carbons (Fsp3) is 0.464. The number of aliphatic hydroxyl groups excluding tert-OH is 4. The Morgan fingerprint density at radius 1 is 1.12 bits per heavy atom. The largest absolute Gasteiger partial charge is 0.504 e. The Labute approximate surface area is 233 Å². The molecule has 0 aliphatic carbocycles. The molecule has 6 rings (SSSR count). The molecule has 0 radical (unpaired) electrons. The highest BCUT2D eigenvalue weighted by Gasteiger charge is 2.57. The Kier molecular flexibility index (Phi) is 6.85. The summed E-state index contributed by atoms with van der Waals surface area (Å²) in [7, 11) is 1.37. The topological polar surface area (TPSA) is 194 Å². The quantitative estimate of drug-likeness (QED) is 0.238. The fourth-order valence-electron chi connectivity index (χ4n) is 5.65. The molecule has 1 saturated heterocycles. The van der Waals surface area contributed by atoms with Crippen LogP contribution in [0, 0.1) is 0 Å². The Balaban J connectivity index is 1.20. The van der Waals surface area contributed by atoms with E-state index in [-0.39, 0.29) is 53.8 Å². The second kappa shape index (κ2) is 10.1. The first kappa shape index (κ1) is 27.7. The van der Waals surface area contributed by atoms with Gasteiger partial charge in [-0.05, 0) is 23.8 Å². The number of rotatable bonds is 6. The van der Waals surface area contributed by atoms with Gasteiger partial charge in [0, 0.05) is 23.6 Å². The van der Waals surface area contributed by atoms with Crippen LogP contribution in [0.4, 0.5) is 0 Å². The number of methoxy groups -OCH3 is 1. The molecule has 220 valence electrons. The monoisotopic (exact) mass is 574 g/mol. The van der Waals surface area contributed by atoms with Gasteiger partial charge in [0.15, 0.2) is 29.5 Å². The van der Waals surface area contributed by atoms with Crippen LogP contribution in [-0.4, -0.2) is 106 Å². The average Bonchev–Trinajstić information content (AvgIpc) is 3.41. The van der Waals surface area contributed by atoms with Crippen molar-refractivity contribution in [2.45, 2.75) is 54.9 Å². The molecule has 13 nitrogen and oxygen atoms in total. The zero-order chi connectivity index (χ0) is 29.2. The van der Waals surface area contributed by atoms with Gasteiger partial charge in [-0.15, -0.1) is 0 Å². The summed E-state index contributed by atoms with van der Waals surface area (Å²) in [5, 5.41) is 61.5. The van der Waals surface area contributed by atoms with Crippen LogP contribution in [0.3, 0.4) is 0 Å². The third kappa shape index (κ3) is 4.24. The number of phenols is 1. The molecular weight excluding hydrogens is 544 g/mol. The van der Waals surface area contributed by atoms with Crippen molar-refractivity contribution in [1.29, 1.82) is 0 Å². The lowest BCUT2D eigenvalue weighted by Crippen LogP contribution is -2.59. The molecule has 1 fully saturated rings. The van der Waals surface area contributed by atoms with Gasteiger partial charge in [0.25, 0.3) is 0 Å². The summed E-state index contributed by atoms with van der Waals surface area (Å²) in [5.74, 6) is 0.134. The van der Waals surface area contributed by atoms with Gasteiger partial charge < -0.3 is 59.1 Å². The van der Waals surface area contributed by atoms with Crippen molar-refractivity contribution in [3.05, 3.63) is 53.1 Å². The Bertz CT molecular complexity index is 1390. The predicted molar refractivity (Wildman–Crippen MR) is 136 cm³/mol. The number of Topliss-reactive ketones (excluding diaryl/α,β-unsaturated/α-hetero) is 1. The number of aromatic hydroxyl groups is 1. The average molecular weight is 575 g/mol. The number of ketones is 1. The Hall–Kier alpha value is -3.43. The van der Waals surface area contributed by atoms with E-state index in [0.29, 0.717) is 16.9 Å². The van der Waals surface area contributed by atoms with Crippen molar-refractivity contribution < 1.29 is 63.9 Å². The highest BCUT2D eigenvalue weighted by Crippen LogP contribution is 2.51. The first-order valence-electron chi connectivity index (χ1n) is 13.0. The van der Waals surface area contributed by atoms with Crippen molar-refractivity contribution in [3.8, 4) is 28.7 Å². The summed E-state index contributed by atoms with van der Waals surface area (Å²) in [6.07, 6.45) is -8.53. The van der Waals surface area contributed by atoms with E-state index >= 15 is 0 Å². The maximum Gasteiger partial charge on any atom is 0.206 e. The minimum absolute atomic E-state index is 0.0658. The summed E-state index contributed by atoms with van der Waals surface area (Å²) < 4.78 is 34.0. The highest BCUT2D eigenvalue weighted by molar-refractivity contribution is 6.07. The van der Waals surface area contributed by atoms with E-state index in [9.17, 15) is 35.4 Å². The van der Waals surface area contributed by atoms with E-state index in [1.807, 2.05) is 0 Å². The molecule has 6 N–H and O–H groups in total. The molecule has 41 heavy (non-hydrogen) atoms. The zero-order valence-electron chi connectivity index (χ0n) is 21.9. The third-order valence-electron chi connectivity index (χ3n) is 8.01. The maximum absolute atomic E-state index is 13.8. The van der Waals surface area contributed by atoms with Crippen LogP contribution in [0.15, 0.2) is 36.4 Å². The van der Waals surface area contributed by atoms with E-state index in [1.54, 1.807) is 6.07 Å². The molecule has 8 atom stereocenters. The van der Waals surface area contributed by atoms with Gasteiger partial charge in [-0.2, -0.15) is 0 Å². The van der Waals surface area contributed by atoms with Crippen LogP contribution in [0.2, 0.25) is 0 Å². The Morgan fingerprint density at radius 2 is 1.90 bits per heavy atom. The maximum atomic E-state index is 13.8. The summed E-state index contributed by atoms with van der Waals surface area (Å²) >= 11 is 0. The van der Waals surface area contributed by atoms with Crippen molar-refractivity contribution in [2.75, 3.05) is 26.9 Å². The molecule has 0 saturated carbocycles. The van der Waals surface area contributed by atoms with Crippen LogP contribution in [0.1, 0.15) is 21.5 Å². The molecule has 0 amide bonds. The van der Waals surface area contributed by atoms with Gasteiger partial charge in [0.05, 0.1) is 25.9 Å². The van der Waals surface area contributed by atoms with Crippen molar-refractivity contribution in [1.82, 2.24) is 0 Å². The molecule has 2 aromatic rings. The van der Waals surface area contributed by atoms with Crippen LogP contribution < -0.4 is 18.9 Å². The van der Waals surface area contributed by atoms with Crippen LogP contribution >= 0.6 is 0 Å². The normalized spacial score (nSPS) is 33.3. The smallest absolute Gasteiger partial charge is 0.206 e. The highest BCUT2D eigenvalue weighted by atomic mass is 16.7. The third-order valence-corrected chi connectivity index (χ3v) is 8.01. The molecule has 4 heterocycles. The van der Waals surface area contributed by atoms with Gasteiger partial charge in [0.2, 0.25) is 5.78 Å². The van der Waals surface area contributed by atoms with Crippen molar-refractivity contribution >= 4 is 5.78 Å². The molecule has 0 bridgehead atoms. The number of hydrogen-bond donors (Lipinski definition) is 6. The Morgan fingerprint density at radius 3 is 2.63 bits per heavy atom. The standard InChI is InChI=1S/C28H30O13/c1-11(9-38-27-24(33)23(32)22(31)20(8-29)40-27)17-5-13-16(39-17)4-3-12-25(13)41-21-10-37-18-7-19(36-2)15(30)6-14(18)28(21,35)26(12)34/h3-4,6-7,17,20-24,27,29-33,35H,1,5,8-10H2,2H3/t17-,20-,21-,22-,23+,24-,27-,28-/m1/s1. The number of hydrogen-bond acceptors (Lipinski definition) is 13. The van der Waals surface area contributed by atoms with Crippen LogP contribution in [0.5, 0.6) is 28.7 Å². The number of ether oxygens (including phenoxy) is 6. The summed E-state index contributed by atoms with van der Waals surface area (Å²) in [6, 6.07) is 5.73. The van der Waals surface area contributed by atoms with E-state index in [4.69, 9.17) is 28.4 Å². The molecule has 2 aromatic carbocycles. The van der Waals surface area contributed by atoms with Crippen LogP contribution in [0.25, 0.3) is 0 Å². The number of benzene rings is 2. The van der Waals surface area contributed by atoms with Gasteiger partial charge in [-0.25, -0.2) is 0 Å². The molecule has 13 heteroatoms. The number of phenolic OH excluding ortho intramolecular Hbond substituents is 1. The minimum Gasteiger partial charge on any atom is -0.504 e. The summed E-state index contributed by atoms with van der Waals surface area (Å²) in [4.78, 5) is 13.8. The zero-order valence-corrected chi connectivity index (χ0v) is 21.9. The lowest BCUT2D eigenvalue weighted by atomic mass is 9.77. The van der Waals surface area contributed by atoms with Crippen molar-refractivity contribution in [2.24, 2.45) is 0 Å². The number of carbonyl (C=O) groups excluding carboxylic acids is 1. The summed E-state index contributed by atoms with van der Waals surface area (Å²) in [6.45, 7) is 3.13. The number of aliphatic hydroxyl groups is 5. The second-order valence-electron chi connectivity index (χ2n) is 10.4. The minimum atomic E-state index is -2.11. The lowest BCUT2D eigenvalue weighted by molar-refractivity contribution is -0.299. The molecule has 4 aliphatic heterocycles. The van der Waals surface area contributed by atoms with Crippen molar-refractivity contribution in [3.63, 3.8) is 0 Å². The van der Waals surface area contributed by atoms with Gasteiger partial charge in [-0.3, -0.25) is 4.79 Å². The van der Waals surface area contributed by atoms with Gasteiger partial charge in [0.1, 0.15) is 54.4 Å². The van der Waals surface area contributed by atoms with E-state index < -0.39 is 60.9 Å². The molecule has 4 aliphatic rings. The molecular formula is C28H30O13. The second-order valence-corrected chi connectivity index (χ2v) is 10.4.